The lowest BCUT2D eigenvalue weighted by Gasteiger charge is -2.26. The van der Waals surface area contributed by atoms with Gasteiger partial charge in [-0.1, -0.05) is 51.1 Å². The van der Waals surface area contributed by atoms with Gasteiger partial charge >= 0.3 is 0 Å². The molecule has 4 rings (SSSR count). The van der Waals surface area contributed by atoms with Crippen LogP contribution in [0.1, 0.15) is 42.3 Å². The molecule has 11 heteroatoms. The average Bonchev–Trinajstić information content (AvgIpc) is 3.16. The van der Waals surface area contributed by atoms with E-state index in [0.717, 1.165) is 22.2 Å². The number of hydrogen-bond donors (Lipinski definition) is 1. The fourth-order valence-corrected chi connectivity index (χ4v) is 6.36. The number of rotatable bonds is 7. The van der Waals surface area contributed by atoms with Crippen LogP contribution in [0.5, 0.6) is 0 Å². The lowest BCUT2D eigenvalue weighted by atomic mass is 9.87. The summed E-state index contributed by atoms with van der Waals surface area (Å²) in [6, 6.07) is 13.7. The third kappa shape index (κ3) is 6.35. The molecule has 3 amide bonds. The van der Waals surface area contributed by atoms with Gasteiger partial charge in [0.1, 0.15) is 0 Å². The minimum absolute atomic E-state index is 0.00246. The smallest absolute Gasteiger partial charge is 0.293 e. The highest BCUT2D eigenvalue weighted by Crippen LogP contribution is 2.32. The number of nitrogens with one attached hydrogen (secondary N) is 1. The van der Waals surface area contributed by atoms with Gasteiger partial charge in [-0.15, -0.1) is 0 Å². The van der Waals surface area contributed by atoms with Gasteiger partial charge in [0.25, 0.3) is 17.1 Å². The largest absolute Gasteiger partial charge is 0.379 e. The summed E-state index contributed by atoms with van der Waals surface area (Å²) < 4.78 is 32.3. The van der Waals surface area contributed by atoms with Crippen LogP contribution in [0.3, 0.4) is 0 Å². The molecule has 2 fully saturated rings. The molecule has 2 saturated heterocycles. The fourth-order valence-electron chi connectivity index (χ4n) is 4.04. The zero-order chi connectivity index (χ0) is 27.5. The second-order valence-electron chi connectivity index (χ2n) is 10.0. The molecule has 9 nitrogen and oxygen atoms in total. The zero-order valence-electron chi connectivity index (χ0n) is 21.6. The lowest BCUT2D eigenvalue weighted by molar-refractivity contribution is -0.122. The summed E-state index contributed by atoms with van der Waals surface area (Å²) in [4.78, 5) is 39.4. The molecule has 2 aliphatic heterocycles. The third-order valence-corrected chi connectivity index (χ3v) is 9.08. The van der Waals surface area contributed by atoms with Crippen molar-refractivity contribution < 1.29 is 27.5 Å². The van der Waals surface area contributed by atoms with E-state index in [9.17, 15) is 22.8 Å². The number of thioether (sulfide) groups is 1. The summed E-state index contributed by atoms with van der Waals surface area (Å²) in [5, 5.41) is 2.27. The van der Waals surface area contributed by atoms with Crippen LogP contribution in [0, 0.1) is 0 Å². The minimum Gasteiger partial charge on any atom is -0.379 e. The van der Waals surface area contributed by atoms with Gasteiger partial charge in [0.15, 0.2) is 0 Å². The maximum atomic E-state index is 12.9. The van der Waals surface area contributed by atoms with Crippen LogP contribution in [-0.2, 0) is 25.0 Å². The molecule has 0 aromatic heterocycles. The van der Waals surface area contributed by atoms with Crippen LogP contribution in [0.4, 0.5) is 4.79 Å². The van der Waals surface area contributed by atoms with E-state index in [4.69, 9.17) is 4.74 Å². The first-order chi connectivity index (χ1) is 18.0. The van der Waals surface area contributed by atoms with Crippen molar-refractivity contribution >= 4 is 44.9 Å². The second kappa shape index (κ2) is 11.4. The van der Waals surface area contributed by atoms with Crippen molar-refractivity contribution in [3.63, 3.8) is 0 Å². The molecule has 38 heavy (non-hydrogen) atoms. The summed E-state index contributed by atoms with van der Waals surface area (Å²) in [5.74, 6) is -0.904. The number of nitrogens with zero attached hydrogens (tertiary/aromatic N) is 2. The Kier molecular flexibility index (Phi) is 8.41. The quantitative estimate of drug-likeness (QED) is 0.519. The van der Waals surface area contributed by atoms with E-state index in [2.05, 4.69) is 26.1 Å². The van der Waals surface area contributed by atoms with Gasteiger partial charge in [0, 0.05) is 31.7 Å². The first-order valence-corrected chi connectivity index (χ1v) is 14.5. The lowest BCUT2D eigenvalue weighted by Crippen LogP contribution is -2.40. The number of carbonyl (C=O) groups is 3. The Morgan fingerprint density at radius 3 is 2.42 bits per heavy atom. The van der Waals surface area contributed by atoms with E-state index in [-0.39, 0.29) is 42.1 Å². The van der Waals surface area contributed by atoms with Crippen molar-refractivity contribution in [2.75, 3.05) is 39.4 Å². The molecule has 0 aliphatic carbocycles. The number of sulfonamides is 1. The van der Waals surface area contributed by atoms with Crippen LogP contribution >= 0.6 is 11.8 Å². The van der Waals surface area contributed by atoms with Crippen molar-refractivity contribution in [3.05, 3.63) is 70.1 Å². The van der Waals surface area contributed by atoms with Crippen LogP contribution in [0.2, 0.25) is 0 Å². The van der Waals surface area contributed by atoms with Crippen LogP contribution in [0.25, 0.3) is 6.08 Å². The second-order valence-corrected chi connectivity index (χ2v) is 12.9. The molecular formula is C27H31N3O6S2. The number of imide groups is 1. The number of carbonyl (C=O) groups excluding carboxylic acids is 3. The first kappa shape index (κ1) is 28.0. The number of benzene rings is 2. The monoisotopic (exact) mass is 557 g/mol. The van der Waals surface area contributed by atoms with Crippen LogP contribution in [-0.4, -0.2) is 74.1 Å². The zero-order valence-corrected chi connectivity index (χ0v) is 23.2. The van der Waals surface area contributed by atoms with Crippen LogP contribution < -0.4 is 5.32 Å². The highest BCUT2D eigenvalue weighted by Gasteiger charge is 2.34. The Hall–Kier alpha value is -2.99. The van der Waals surface area contributed by atoms with Crippen molar-refractivity contribution in [1.29, 1.82) is 0 Å². The summed E-state index contributed by atoms with van der Waals surface area (Å²) in [6.45, 7) is 7.56. The Bertz CT molecular complexity index is 1360. The molecule has 2 aliphatic rings. The maximum absolute atomic E-state index is 12.9. The highest BCUT2D eigenvalue weighted by molar-refractivity contribution is 8.18. The van der Waals surface area contributed by atoms with Gasteiger partial charge in [0.2, 0.25) is 10.0 Å². The summed E-state index contributed by atoms with van der Waals surface area (Å²) >= 11 is 0.865. The Labute approximate surface area is 227 Å². The molecule has 0 radical (unpaired) electrons. The average molecular weight is 558 g/mol. The van der Waals surface area contributed by atoms with Crippen molar-refractivity contribution in [2.24, 2.45) is 0 Å². The number of morpholine rings is 1. The predicted octanol–water partition coefficient (Wildman–Crippen LogP) is 3.47. The maximum Gasteiger partial charge on any atom is 0.293 e. The van der Waals surface area contributed by atoms with E-state index >= 15 is 0 Å². The third-order valence-electron chi connectivity index (χ3n) is 6.27. The summed E-state index contributed by atoms with van der Waals surface area (Å²) in [6.07, 6.45) is 1.69. The van der Waals surface area contributed by atoms with Crippen molar-refractivity contribution in [3.8, 4) is 0 Å². The normalized spacial score (nSPS) is 18.3. The Morgan fingerprint density at radius 1 is 1.08 bits per heavy atom. The molecule has 0 atom stereocenters. The number of ether oxygens (including phenoxy) is 1. The fraction of sp³-hybridized carbons (Fsp3) is 0.370. The molecule has 202 valence electrons. The summed E-state index contributed by atoms with van der Waals surface area (Å²) in [7, 11) is -3.74. The minimum atomic E-state index is -3.74. The predicted molar refractivity (Wildman–Crippen MR) is 146 cm³/mol. The molecule has 2 heterocycles. The number of hydrogen-bond acceptors (Lipinski definition) is 7. The van der Waals surface area contributed by atoms with Gasteiger partial charge in [-0.3, -0.25) is 19.3 Å². The topological polar surface area (TPSA) is 113 Å². The number of amides is 3. The Balaban J connectivity index is 1.35. The van der Waals surface area contributed by atoms with E-state index in [0.29, 0.717) is 18.1 Å². The molecule has 2 aromatic carbocycles. The molecule has 2 aromatic rings. The Morgan fingerprint density at radius 2 is 1.76 bits per heavy atom. The van der Waals surface area contributed by atoms with Gasteiger partial charge in [0.05, 0.1) is 23.0 Å². The van der Waals surface area contributed by atoms with Crippen molar-refractivity contribution in [1.82, 2.24) is 14.5 Å². The molecule has 0 unspecified atom stereocenters. The molecule has 0 spiro atoms. The molecule has 0 bridgehead atoms. The summed E-state index contributed by atoms with van der Waals surface area (Å²) in [5.41, 5.74) is 2.18. The van der Waals surface area contributed by atoms with Gasteiger partial charge in [-0.2, -0.15) is 4.31 Å². The SMILES string of the molecule is CC(C)(C)c1ccc(C=C2SC(=O)N(CCNC(=O)c3cccc(S(=O)(=O)N4CCOCC4)c3)C2=O)cc1. The van der Waals surface area contributed by atoms with E-state index in [1.165, 1.54) is 34.1 Å². The van der Waals surface area contributed by atoms with E-state index in [1.807, 2.05) is 24.3 Å². The standard InChI is InChI=1S/C27H31N3O6S2/c1-27(2,3)21-9-7-19(8-10-21)17-23-25(32)30(26(33)37-23)12-11-28-24(31)20-5-4-6-22(18-20)38(34,35)29-13-15-36-16-14-29/h4-10,17-18H,11-16H2,1-3H3,(H,28,31). The van der Waals surface area contributed by atoms with Gasteiger partial charge in [-0.25, -0.2) is 8.42 Å². The van der Waals surface area contributed by atoms with Gasteiger partial charge in [-0.05, 0) is 52.6 Å². The van der Waals surface area contributed by atoms with Gasteiger partial charge < -0.3 is 10.1 Å². The molecule has 1 N–H and O–H groups in total. The van der Waals surface area contributed by atoms with Crippen molar-refractivity contribution in [2.45, 2.75) is 31.1 Å². The van der Waals surface area contributed by atoms with Crippen LogP contribution in [0.15, 0.2) is 58.3 Å². The molecule has 0 saturated carbocycles. The molecular weight excluding hydrogens is 526 g/mol. The first-order valence-electron chi connectivity index (χ1n) is 12.3. The highest BCUT2D eigenvalue weighted by atomic mass is 32.2. The van der Waals surface area contributed by atoms with E-state index < -0.39 is 27.1 Å². The van der Waals surface area contributed by atoms with E-state index in [1.54, 1.807) is 6.08 Å².